The highest BCUT2D eigenvalue weighted by molar-refractivity contribution is 7.26. The second-order valence-electron chi connectivity index (χ2n) is 11.8. The quantitative estimate of drug-likeness (QED) is 0.239. The van der Waals surface area contributed by atoms with Gasteiger partial charge >= 0.3 is 0 Å². The number of hydrogen-bond acceptors (Lipinski definition) is 4. The highest BCUT2D eigenvalue weighted by Crippen LogP contribution is 2.41. The van der Waals surface area contributed by atoms with Crippen LogP contribution in [0.15, 0.2) is 48.7 Å². The third kappa shape index (κ3) is 4.37. The number of pyridine rings is 2. The van der Waals surface area contributed by atoms with Crippen molar-refractivity contribution >= 4 is 55.7 Å². The molecule has 0 aliphatic carbocycles. The van der Waals surface area contributed by atoms with Gasteiger partial charge in [0.05, 0.1) is 29.5 Å². The fourth-order valence-corrected chi connectivity index (χ4v) is 7.68. The Kier molecular flexibility index (Phi) is 5.58. The lowest BCUT2D eigenvalue weighted by molar-refractivity contribution is 0.411. The van der Waals surface area contributed by atoms with Crippen LogP contribution in [0.1, 0.15) is 37.6 Å². The average molecular weight is 494 g/mol. The molecular formula is C30H31N3SSi. The normalized spacial score (nSPS) is 12.5. The molecule has 0 N–H and O–H groups in total. The first-order valence-corrected chi connectivity index (χ1v) is 16.4. The molecule has 5 rings (SSSR count). The van der Waals surface area contributed by atoms with Gasteiger partial charge in [0.1, 0.15) is 6.07 Å². The van der Waals surface area contributed by atoms with Crippen LogP contribution in [0, 0.1) is 23.7 Å². The van der Waals surface area contributed by atoms with Gasteiger partial charge < -0.3 is 0 Å². The van der Waals surface area contributed by atoms with Crippen LogP contribution in [0.4, 0.5) is 0 Å². The average Bonchev–Trinajstić information content (AvgIpc) is 3.14. The van der Waals surface area contributed by atoms with Crippen LogP contribution in [0.2, 0.25) is 19.6 Å². The summed E-state index contributed by atoms with van der Waals surface area (Å²) >= 11 is 1.76. The molecule has 3 aromatic heterocycles. The first-order chi connectivity index (χ1) is 16.4. The molecule has 3 nitrogen and oxygen atoms in total. The molecule has 5 aromatic rings. The molecule has 0 saturated heterocycles. The van der Waals surface area contributed by atoms with Gasteiger partial charge in [-0.05, 0) is 47.7 Å². The number of thiophene rings is 1. The molecule has 0 aliphatic heterocycles. The molecule has 0 aliphatic rings. The maximum absolute atomic E-state index is 9.91. The van der Waals surface area contributed by atoms with E-state index in [1.165, 1.54) is 15.5 Å². The van der Waals surface area contributed by atoms with E-state index in [4.69, 9.17) is 9.97 Å². The molecule has 0 atom stereocenters. The Morgan fingerprint density at radius 3 is 2.49 bits per heavy atom. The summed E-state index contributed by atoms with van der Waals surface area (Å²) in [6.07, 6.45) is 2.77. The molecular weight excluding hydrogens is 463 g/mol. The van der Waals surface area contributed by atoms with Crippen LogP contribution in [0.5, 0.6) is 0 Å². The van der Waals surface area contributed by atoms with Gasteiger partial charge in [0.2, 0.25) is 0 Å². The predicted octanol–water partition coefficient (Wildman–Crippen LogP) is 7.98. The predicted molar refractivity (Wildman–Crippen MR) is 153 cm³/mol. The van der Waals surface area contributed by atoms with E-state index in [2.05, 4.69) is 95.9 Å². The van der Waals surface area contributed by atoms with Gasteiger partial charge in [0, 0.05) is 38.3 Å². The number of hydrogen-bond donors (Lipinski definition) is 0. The number of aryl methyl sites for hydroxylation is 1. The Hall–Kier alpha value is -3.07. The fraction of sp³-hybridized carbons (Fsp3) is 0.300. The van der Waals surface area contributed by atoms with Gasteiger partial charge in [-0.1, -0.05) is 64.7 Å². The smallest absolute Gasteiger partial charge is 0.101 e. The molecule has 176 valence electrons. The highest BCUT2D eigenvalue weighted by Gasteiger charge is 2.23. The molecule has 35 heavy (non-hydrogen) atoms. The van der Waals surface area contributed by atoms with E-state index in [-0.39, 0.29) is 5.41 Å². The zero-order valence-electron chi connectivity index (χ0n) is 21.6. The number of aromatic nitrogens is 2. The monoisotopic (exact) mass is 493 g/mol. The SMILES string of the molecule is Cc1ccc2cc(-c3ncc(C#N)c4c3sc3cc(CC(C)(C)C)ccc34)cc([Si](C)(C)C)c2n1. The number of fused-ring (bicyclic) bond motifs is 4. The summed E-state index contributed by atoms with van der Waals surface area (Å²) in [6, 6.07) is 17.9. The van der Waals surface area contributed by atoms with Crippen molar-refractivity contribution in [3.8, 4) is 17.3 Å². The molecule has 0 spiro atoms. The van der Waals surface area contributed by atoms with E-state index in [9.17, 15) is 5.26 Å². The van der Waals surface area contributed by atoms with Gasteiger partial charge in [-0.2, -0.15) is 5.26 Å². The summed E-state index contributed by atoms with van der Waals surface area (Å²) in [7, 11) is -1.67. The van der Waals surface area contributed by atoms with E-state index in [0.717, 1.165) is 49.7 Å². The summed E-state index contributed by atoms with van der Waals surface area (Å²) in [5.41, 5.74) is 6.41. The van der Waals surface area contributed by atoms with Crippen LogP contribution in [0.25, 0.3) is 42.3 Å². The molecule has 0 radical (unpaired) electrons. The molecule has 0 saturated carbocycles. The minimum Gasteiger partial charge on any atom is -0.253 e. The third-order valence-electron chi connectivity index (χ3n) is 6.43. The van der Waals surface area contributed by atoms with Crippen LogP contribution in [-0.4, -0.2) is 18.0 Å². The van der Waals surface area contributed by atoms with Crippen molar-refractivity contribution in [3.05, 3.63) is 65.5 Å². The van der Waals surface area contributed by atoms with E-state index >= 15 is 0 Å². The maximum Gasteiger partial charge on any atom is 0.101 e. The highest BCUT2D eigenvalue weighted by atomic mass is 32.1. The molecule has 0 unspecified atom stereocenters. The lowest BCUT2D eigenvalue weighted by Crippen LogP contribution is -2.38. The molecule has 0 amide bonds. The van der Waals surface area contributed by atoms with Gasteiger partial charge in [0.15, 0.2) is 0 Å². The van der Waals surface area contributed by atoms with Gasteiger partial charge in [-0.25, -0.2) is 0 Å². The lowest BCUT2D eigenvalue weighted by Gasteiger charge is -2.20. The Morgan fingerprint density at radius 2 is 1.80 bits per heavy atom. The fourth-order valence-electron chi connectivity index (χ4n) is 4.88. The van der Waals surface area contributed by atoms with E-state index in [0.29, 0.717) is 5.56 Å². The van der Waals surface area contributed by atoms with E-state index in [1.54, 1.807) is 17.5 Å². The Labute approximate surface area is 212 Å². The summed E-state index contributed by atoms with van der Waals surface area (Å²) in [5, 5.41) is 14.6. The zero-order chi connectivity index (χ0) is 25.1. The second-order valence-corrected chi connectivity index (χ2v) is 17.9. The van der Waals surface area contributed by atoms with E-state index < -0.39 is 8.07 Å². The van der Waals surface area contributed by atoms with Crippen molar-refractivity contribution in [2.24, 2.45) is 5.41 Å². The maximum atomic E-state index is 9.91. The Morgan fingerprint density at radius 1 is 1.03 bits per heavy atom. The molecule has 0 bridgehead atoms. The molecule has 5 heteroatoms. The Balaban J connectivity index is 1.81. The lowest BCUT2D eigenvalue weighted by atomic mass is 9.88. The third-order valence-corrected chi connectivity index (χ3v) is 9.59. The van der Waals surface area contributed by atoms with Crippen molar-refractivity contribution < 1.29 is 0 Å². The minimum atomic E-state index is -1.67. The van der Waals surface area contributed by atoms with Gasteiger partial charge in [0.25, 0.3) is 0 Å². The molecule has 2 aromatic carbocycles. The first kappa shape index (κ1) is 23.7. The van der Waals surface area contributed by atoms with Crippen molar-refractivity contribution in [2.45, 2.75) is 53.8 Å². The van der Waals surface area contributed by atoms with Gasteiger partial charge in [-0.15, -0.1) is 11.3 Å². The van der Waals surface area contributed by atoms with Crippen LogP contribution in [-0.2, 0) is 6.42 Å². The number of rotatable bonds is 3. The number of nitrogens with zero attached hydrogens (tertiary/aromatic N) is 3. The van der Waals surface area contributed by atoms with E-state index in [1.807, 2.05) is 0 Å². The summed E-state index contributed by atoms with van der Waals surface area (Å²) < 4.78 is 2.31. The van der Waals surface area contributed by atoms with Gasteiger partial charge in [-0.3, -0.25) is 9.97 Å². The topological polar surface area (TPSA) is 49.6 Å². The van der Waals surface area contributed by atoms with Crippen LogP contribution in [0.3, 0.4) is 0 Å². The van der Waals surface area contributed by atoms with Crippen molar-refractivity contribution in [2.75, 3.05) is 0 Å². The summed E-state index contributed by atoms with van der Waals surface area (Å²) in [4.78, 5) is 9.77. The zero-order valence-corrected chi connectivity index (χ0v) is 23.4. The summed E-state index contributed by atoms with van der Waals surface area (Å²) in [5.74, 6) is 0. The Bertz CT molecular complexity index is 1660. The largest absolute Gasteiger partial charge is 0.253 e. The van der Waals surface area contributed by atoms with Crippen molar-refractivity contribution in [1.82, 2.24) is 9.97 Å². The minimum absolute atomic E-state index is 0.222. The van der Waals surface area contributed by atoms with Crippen LogP contribution < -0.4 is 5.19 Å². The second kappa shape index (κ2) is 8.25. The molecule has 3 heterocycles. The standard InChI is InChI=1S/C30H31N3SSi/c1-18-8-10-20-13-21(14-25(27(20)33-18)35(5,6)7)28-29-26(22(16-31)17-32-28)23-11-9-19(12-24(23)34-29)15-30(2,3)4/h8-14,17H,15H2,1-7H3. The first-order valence-electron chi connectivity index (χ1n) is 12.1. The van der Waals surface area contributed by atoms with Crippen LogP contribution >= 0.6 is 11.3 Å². The van der Waals surface area contributed by atoms with Crippen molar-refractivity contribution in [1.29, 1.82) is 5.26 Å². The number of nitriles is 1. The molecule has 0 fully saturated rings. The summed E-state index contributed by atoms with van der Waals surface area (Å²) in [6.45, 7) is 16.0. The number of benzene rings is 2. The van der Waals surface area contributed by atoms with Crippen molar-refractivity contribution in [3.63, 3.8) is 0 Å².